The van der Waals surface area contributed by atoms with E-state index in [1.165, 1.54) is 6.42 Å². The van der Waals surface area contributed by atoms with E-state index in [1.807, 2.05) is 4.90 Å². The molecule has 0 aromatic rings. The molecule has 1 amide bonds. The first-order valence-corrected chi connectivity index (χ1v) is 6.28. The van der Waals surface area contributed by atoms with Gasteiger partial charge in [0.2, 0.25) is 5.91 Å². The van der Waals surface area contributed by atoms with Gasteiger partial charge in [0, 0.05) is 32.0 Å². The van der Waals surface area contributed by atoms with Crippen LogP contribution >= 0.6 is 0 Å². The maximum absolute atomic E-state index is 12.1. The molecule has 3 N–H and O–H groups in total. The largest absolute Gasteiger partial charge is 0.396 e. The fourth-order valence-corrected chi connectivity index (χ4v) is 2.77. The third kappa shape index (κ3) is 2.23. The quantitative estimate of drug-likeness (QED) is 0.726. The molecule has 1 saturated carbocycles. The molecule has 16 heavy (non-hydrogen) atoms. The zero-order chi connectivity index (χ0) is 11.6. The second-order valence-corrected chi connectivity index (χ2v) is 5.41. The van der Waals surface area contributed by atoms with Crippen molar-refractivity contribution in [3.05, 3.63) is 0 Å². The zero-order valence-corrected chi connectivity index (χ0v) is 9.82. The molecular formula is C12H22N2O2. The van der Waals surface area contributed by atoms with Crippen LogP contribution in [0.25, 0.3) is 0 Å². The van der Waals surface area contributed by atoms with Gasteiger partial charge in [-0.25, -0.2) is 0 Å². The number of aliphatic hydroxyl groups excluding tert-OH is 1. The van der Waals surface area contributed by atoms with Gasteiger partial charge in [0.1, 0.15) is 0 Å². The van der Waals surface area contributed by atoms with Gasteiger partial charge in [-0.3, -0.25) is 4.79 Å². The number of likely N-dealkylation sites (tertiary alicyclic amines) is 1. The maximum Gasteiger partial charge on any atom is 0.223 e. The molecular weight excluding hydrogens is 204 g/mol. The molecule has 1 saturated heterocycles. The highest BCUT2D eigenvalue weighted by Gasteiger charge is 2.39. The van der Waals surface area contributed by atoms with E-state index in [-0.39, 0.29) is 17.9 Å². The van der Waals surface area contributed by atoms with Gasteiger partial charge in [0.15, 0.2) is 0 Å². The van der Waals surface area contributed by atoms with Gasteiger partial charge < -0.3 is 15.7 Å². The predicted molar refractivity (Wildman–Crippen MR) is 61.7 cm³/mol. The third-order valence-corrected chi connectivity index (χ3v) is 4.27. The fraction of sp³-hybridized carbons (Fsp3) is 0.917. The SMILES string of the molecule is NCC1(CC(=O)N2CCC(CO)C2)CCC1. The van der Waals surface area contributed by atoms with Crippen molar-refractivity contribution in [1.82, 2.24) is 4.90 Å². The van der Waals surface area contributed by atoms with E-state index >= 15 is 0 Å². The Morgan fingerprint density at radius 3 is 2.69 bits per heavy atom. The standard InChI is InChI=1S/C12H22N2O2/c13-9-12(3-1-4-12)6-11(16)14-5-2-10(7-14)8-15/h10,15H,1-9,13H2. The number of carbonyl (C=O) groups is 1. The number of aliphatic hydroxyl groups is 1. The molecule has 1 unspecified atom stereocenters. The number of nitrogens with two attached hydrogens (primary N) is 1. The lowest BCUT2D eigenvalue weighted by atomic mass is 9.66. The summed E-state index contributed by atoms with van der Waals surface area (Å²) >= 11 is 0. The normalized spacial score (nSPS) is 27.9. The second-order valence-electron chi connectivity index (χ2n) is 5.41. The highest BCUT2D eigenvalue weighted by Crippen LogP contribution is 2.43. The number of amides is 1. The lowest BCUT2D eigenvalue weighted by Gasteiger charge is -2.41. The van der Waals surface area contributed by atoms with Crippen LogP contribution in [0.2, 0.25) is 0 Å². The van der Waals surface area contributed by atoms with Gasteiger partial charge >= 0.3 is 0 Å². The smallest absolute Gasteiger partial charge is 0.223 e. The van der Waals surface area contributed by atoms with Crippen molar-refractivity contribution < 1.29 is 9.90 Å². The lowest BCUT2D eigenvalue weighted by Crippen LogP contribution is -2.42. The molecule has 2 fully saturated rings. The number of hydrogen-bond donors (Lipinski definition) is 2. The van der Waals surface area contributed by atoms with Gasteiger partial charge in [0.05, 0.1) is 0 Å². The summed E-state index contributed by atoms with van der Waals surface area (Å²) in [7, 11) is 0. The van der Waals surface area contributed by atoms with E-state index in [0.29, 0.717) is 18.9 Å². The average Bonchev–Trinajstić information content (AvgIpc) is 2.71. The zero-order valence-electron chi connectivity index (χ0n) is 9.82. The summed E-state index contributed by atoms with van der Waals surface area (Å²) < 4.78 is 0. The Kier molecular flexibility index (Phi) is 3.50. The molecule has 2 rings (SSSR count). The van der Waals surface area contributed by atoms with Gasteiger partial charge in [-0.2, -0.15) is 0 Å². The molecule has 2 aliphatic rings. The Hall–Kier alpha value is -0.610. The van der Waals surface area contributed by atoms with Crippen molar-refractivity contribution in [2.75, 3.05) is 26.2 Å². The van der Waals surface area contributed by atoms with Crippen LogP contribution in [0, 0.1) is 11.3 Å². The van der Waals surface area contributed by atoms with Crippen LogP contribution in [0.15, 0.2) is 0 Å². The first-order valence-electron chi connectivity index (χ1n) is 6.28. The van der Waals surface area contributed by atoms with Crippen molar-refractivity contribution >= 4 is 5.91 Å². The maximum atomic E-state index is 12.1. The molecule has 92 valence electrons. The summed E-state index contributed by atoms with van der Waals surface area (Å²) in [6.45, 7) is 2.38. The number of hydrogen-bond acceptors (Lipinski definition) is 3. The molecule has 0 aromatic carbocycles. The van der Waals surface area contributed by atoms with E-state index < -0.39 is 0 Å². The number of carbonyl (C=O) groups excluding carboxylic acids is 1. The lowest BCUT2D eigenvalue weighted by molar-refractivity contribution is -0.134. The summed E-state index contributed by atoms with van der Waals surface area (Å²) in [5.74, 6) is 0.528. The molecule has 4 nitrogen and oxygen atoms in total. The van der Waals surface area contributed by atoms with Gasteiger partial charge in [-0.15, -0.1) is 0 Å². The van der Waals surface area contributed by atoms with Crippen LogP contribution < -0.4 is 5.73 Å². The Morgan fingerprint density at radius 2 is 2.25 bits per heavy atom. The van der Waals surface area contributed by atoms with Gasteiger partial charge in [-0.1, -0.05) is 6.42 Å². The Labute approximate surface area is 96.8 Å². The first kappa shape index (κ1) is 11.9. The van der Waals surface area contributed by atoms with Crippen molar-refractivity contribution in [2.45, 2.75) is 32.1 Å². The minimum absolute atomic E-state index is 0.106. The molecule has 4 heteroatoms. The van der Waals surface area contributed by atoms with Gasteiger partial charge in [0.25, 0.3) is 0 Å². The Balaban J connectivity index is 1.84. The van der Waals surface area contributed by atoms with E-state index in [0.717, 1.165) is 32.4 Å². The molecule has 0 aromatic heterocycles. The van der Waals surface area contributed by atoms with Crippen molar-refractivity contribution in [1.29, 1.82) is 0 Å². The van der Waals surface area contributed by atoms with Crippen LogP contribution in [0.3, 0.4) is 0 Å². The Bertz CT molecular complexity index is 258. The third-order valence-electron chi connectivity index (χ3n) is 4.27. The van der Waals surface area contributed by atoms with E-state index in [4.69, 9.17) is 10.8 Å². The summed E-state index contributed by atoms with van der Waals surface area (Å²) in [6, 6.07) is 0. The highest BCUT2D eigenvalue weighted by molar-refractivity contribution is 5.77. The van der Waals surface area contributed by atoms with E-state index in [9.17, 15) is 4.79 Å². The average molecular weight is 226 g/mol. The molecule has 1 aliphatic carbocycles. The summed E-state index contributed by atoms with van der Waals surface area (Å²) in [5.41, 5.74) is 5.86. The fourth-order valence-electron chi connectivity index (χ4n) is 2.77. The van der Waals surface area contributed by atoms with Crippen LogP contribution in [0.1, 0.15) is 32.1 Å². The molecule has 1 heterocycles. The van der Waals surface area contributed by atoms with Gasteiger partial charge in [-0.05, 0) is 31.2 Å². The molecule has 1 aliphatic heterocycles. The van der Waals surface area contributed by atoms with E-state index in [1.54, 1.807) is 0 Å². The summed E-state index contributed by atoms with van der Waals surface area (Å²) in [5, 5.41) is 9.04. The molecule has 0 bridgehead atoms. The second kappa shape index (κ2) is 4.72. The summed E-state index contributed by atoms with van der Waals surface area (Å²) in [6.07, 6.45) is 4.97. The molecule has 0 spiro atoms. The highest BCUT2D eigenvalue weighted by atomic mass is 16.3. The topological polar surface area (TPSA) is 66.6 Å². The summed E-state index contributed by atoms with van der Waals surface area (Å²) in [4.78, 5) is 14.0. The van der Waals surface area contributed by atoms with Crippen LogP contribution in [0.5, 0.6) is 0 Å². The van der Waals surface area contributed by atoms with Crippen molar-refractivity contribution in [2.24, 2.45) is 17.1 Å². The van der Waals surface area contributed by atoms with Crippen LogP contribution in [0.4, 0.5) is 0 Å². The number of rotatable bonds is 4. The van der Waals surface area contributed by atoms with Crippen LogP contribution in [-0.4, -0.2) is 42.2 Å². The predicted octanol–water partition coefficient (Wildman–Crippen LogP) is 0.346. The first-order chi connectivity index (χ1) is 7.69. The molecule has 1 atom stereocenters. The number of nitrogens with zero attached hydrogens (tertiary/aromatic N) is 1. The van der Waals surface area contributed by atoms with Crippen molar-refractivity contribution in [3.63, 3.8) is 0 Å². The minimum atomic E-state index is 0.106. The van der Waals surface area contributed by atoms with E-state index in [2.05, 4.69) is 0 Å². The monoisotopic (exact) mass is 226 g/mol. The Morgan fingerprint density at radius 1 is 1.50 bits per heavy atom. The minimum Gasteiger partial charge on any atom is -0.396 e. The molecule has 0 radical (unpaired) electrons. The van der Waals surface area contributed by atoms with Crippen LogP contribution in [-0.2, 0) is 4.79 Å². The van der Waals surface area contributed by atoms with Crippen molar-refractivity contribution in [3.8, 4) is 0 Å².